The first-order valence-corrected chi connectivity index (χ1v) is 5.78. The molecule has 0 bridgehead atoms. The molecule has 1 N–H and O–H groups in total. The van der Waals surface area contributed by atoms with E-state index >= 15 is 0 Å². The van der Waals surface area contributed by atoms with Gasteiger partial charge in [-0.2, -0.15) is 0 Å². The maximum absolute atomic E-state index is 11.8. The van der Waals surface area contributed by atoms with Gasteiger partial charge in [-0.15, -0.1) is 0 Å². The summed E-state index contributed by atoms with van der Waals surface area (Å²) in [6, 6.07) is 7.86. The number of hydrogen-bond acceptors (Lipinski definition) is 2. The summed E-state index contributed by atoms with van der Waals surface area (Å²) in [4.78, 5) is 24.3. The van der Waals surface area contributed by atoms with E-state index in [9.17, 15) is 9.59 Å². The zero-order valence-electron chi connectivity index (χ0n) is 10.4. The molecule has 0 aromatic heterocycles. The number of benzene rings is 1. The van der Waals surface area contributed by atoms with Gasteiger partial charge in [0.2, 0.25) is 5.91 Å². The van der Waals surface area contributed by atoms with Gasteiger partial charge in [0.15, 0.2) is 0 Å². The van der Waals surface area contributed by atoms with Crippen LogP contribution in [0.4, 0.5) is 0 Å². The van der Waals surface area contributed by atoms with E-state index in [4.69, 9.17) is 5.11 Å². The van der Waals surface area contributed by atoms with Crippen LogP contribution in [-0.4, -0.2) is 21.9 Å². The lowest BCUT2D eigenvalue weighted by atomic mass is 10.1. The van der Waals surface area contributed by atoms with Crippen LogP contribution in [0.2, 0.25) is 0 Å². The van der Waals surface area contributed by atoms with Crippen molar-refractivity contribution in [2.45, 2.75) is 26.8 Å². The van der Waals surface area contributed by atoms with Crippen LogP contribution in [0.1, 0.15) is 24.5 Å². The number of nitrogens with zero attached hydrogens (tertiary/aromatic N) is 1. The second kappa shape index (κ2) is 4.64. The molecule has 1 heterocycles. The van der Waals surface area contributed by atoms with E-state index < -0.39 is 5.97 Å². The van der Waals surface area contributed by atoms with Gasteiger partial charge in [-0.05, 0) is 19.4 Å². The summed E-state index contributed by atoms with van der Waals surface area (Å²) in [7, 11) is 0. The molecule has 2 rings (SSSR count). The molecule has 4 nitrogen and oxygen atoms in total. The van der Waals surface area contributed by atoms with E-state index in [0.717, 1.165) is 11.1 Å². The van der Waals surface area contributed by atoms with Crippen LogP contribution in [0, 0.1) is 6.92 Å². The number of rotatable bonds is 3. The highest BCUT2D eigenvalue weighted by Crippen LogP contribution is 2.25. The Bertz CT molecular complexity index is 528. The molecule has 1 amide bonds. The topological polar surface area (TPSA) is 57.6 Å². The third kappa shape index (κ3) is 2.27. The summed E-state index contributed by atoms with van der Waals surface area (Å²) in [5.74, 6) is -1.15. The van der Waals surface area contributed by atoms with Gasteiger partial charge < -0.3 is 10.0 Å². The monoisotopic (exact) mass is 245 g/mol. The molecule has 1 aromatic carbocycles. The fourth-order valence-electron chi connectivity index (χ4n) is 2.04. The molecule has 0 atom stereocenters. The molecule has 4 heteroatoms. The lowest BCUT2D eigenvalue weighted by Gasteiger charge is -2.18. The second-order valence-electron chi connectivity index (χ2n) is 4.51. The van der Waals surface area contributed by atoms with E-state index in [2.05, 4.69) is 0 Å². The molecule has 0 unspecified atom stereocenters. The van der Waals surface area contributed by atoms with Gasteiger partial charge in [-0.1, -0.05) is 29.8 Å². The van der Waals surface area contributed by atoms with Gasteiger partial charge in [0.25, 0.3) is 0 Å². The lowest BCUT2D eigenvalue weighted by Crippen LogP contribution is -2.23. The van der Waals surface area contributed by atoms with Crippen molar-refractivity contribution in [2.75, 3.05) is 0 Å². The van der Waals surface area contributed by atoms with Crippen molar-refractivity contribution >= 4 is 11.9 Å². The minimum Gasteiger partial charge on any atom is -0.478 e. The molecule has 1 aromatic rings. The molecule has 0 spiro atoms. The van der Waals surface area contributed by atoms with E-state index in [1.807, 2.05) is 31.2 Å². The quantitative estimate of drug-likeness (QED) is 0.887. The number of allylic oxidation sites excluding steroid dienone is 1. The van der Waals surface area contributed by atoms with Crippen molar-refractivity contribution in [1.82, 2.24) is 4.90 Å². The molecule has 1 aliphatic heterocycles. The van der Waals surface area contributed by atoms with Crippen LogP contribution in [0.25, 0.3) is 0 Å². The zero-order chi connectivity index (χ0) is 13.3. The summed E-state index contributed by atoms with van der Waals surface area (Å²) >= 11 is 0. The molecular formula is C14H15NO3. The summed E-state index contributed by atoms with van der Waals surface area (Å²) in [6.45, 7) is 4.11. The highest BCUT2D eigenvalue weighted by atomic mass is 16.4. The summed E-state index contributed by atoms with van der Waals surface area (Å²) in [5, 5.41) is 8.98. The number of aliphatic carboxylic acids is 1. The smallest absolute Gasteiger partial charge is 0.333 e. The number of hydrogen-bond donors (Lipinski definition) is 1. The summed E-state index contributed by atoms with van der Waals surface area (Å²) in [5.41, 5.74) is 2.91. The fraction of sp³-hybridized carbons (Fsp3) is 0.286. The van der Waals surface area contributed by atoms with Gasteiger partial charge in [-0.3, -0.25) is 4.79 Å². The normalized spacial score (nSPS) is 15.4. The fourth-order valence-corrected chi connectivity index (χ4v) is 2.04. The van der Waals surface area contributed by atoms with Crippen molar-refractivity contribution in [1.29, 1.82) is 0 Å². The molecule has 0 saturated heterocycles. The standard InChI is InChI=1S/C14H15NO3/c1-9-3-5-11(6-4-9)8-15-10(2)12(14(17)18)7-13(15)16/h3-6H,7-8H2,1-2H3,(H,17,18). The number of carbonyl (C=O) groups excluding carboxylic acids is 1. The first kappa shape index (κ1) is 12.4. The molecule has 0 saturated carbocycles. The van der Waals surface area contributed by atoms with Crippen molar-refractivity contribution in [3.63, 3.8) is 0 Å². The zero-order valence-corrected chi connectivity index (χ0v) is 10.4. The van der Waals surface area contributed by atoms with Crippen molar-refractivity contribution in [2.24, 2.45) is 0 Å². The summed E-state index contributed by atoms with van der Waals surface area (Å²) in [6.07, 6.45) is -0.00692. The Morgan fingerprint density at radius 3 is 2.39 bits per heavy atom. The Hall–Kier alpha value is -2.10. The van der Waals surface area contributed by atoms with Crippen molar-refractivity contribution < 1.29 is 14.7 Å². The first-order valence-electron chi connectivity index (χ1n) is 5.78. The van der Waals surface area contributed by atoms with Crippen LogP contribution in [0.5, 0.6) is 0 Å². The number of amides is 1. The first-order chi connectivity index (χ1) is 8.49. The SMILES string of the molecule is CC1=C(C(=O)O)CC(=O)N1Cc1ccc(C)cc1. The largest absolute Gasteiger partial charge is 0.478 e. The van der Waals surface area contributed by atoms with Gasteiger partial charge in [-0.25, -0.2) is 4.79 Å². The molecule has 0 aliphatic carbocycles. The third-order valence-corrected chi connectivity index (χ3v) is 3.19. The Morgan fingerprint density at radius 1 is 1.28 bits per heavy atom. The number of aryl methyl sites for hydroxylation is 1. The number of carboxylic acids is 1. The molecule has 94 valence electrons. The van der Waals surface area contributed by atoms with Crippen molar-refractivity contribution in [3.05, 3.63) is 46.7 Å². The van der Waals surface area contributed by atoms with E-state index in [1.165, 1.54) is 4.90 Å². The van der Waals surface area contributed by atoms with E-state index in [1.54, 1.807) is 6.92 Å². The van der Waals surface area contributed by atoms with E-state index in [0.29, 0.717) is 12.2 Å². The Kier molecular flexibility index (Phi) is 3.19. The maximum Gasteiger partial charge on any atom is 0.333 e. The average Bonchev–Trinajstić information content (AvgIpc) is 2.60. The predicted octanol–water partition coefficient (Wildman–Crippen LogP) is 2.09. The summed E-state index contributed by atoms with van der Waals surface area (Å²) < 4.78 is 0. The van der Waals surface area contributed by atoms with Gasteiger partial charge >= 0.3 is 5.97 Å². The maximum atomic E-state index is 11.8. The van der Waals surface area contributed by atoms with Gasteiger partial charge in [0.1, 0.15) is 0 Å². The lowest BCUT2D eigenvalue weighted by molar-refractivity contribution is -0.134. The Morgan fingerprint density at radius 2 is 1.89 bits per heavy atom. The molecule has 0 fully saturated rings. The Balaban J connectivity index is 2.21. The van der Waals surface area contributed by atoms with Crippen LogP contribution in [0.15, 0.2) is 35.5 Å². The third-order valence-electron chi connectivity index (χ3n) is 3.19. The molecular weight excluding hydrogens is 230 g/mol. The molecule has 18 heavy (non-hydrogen) atoms. The molecule has 1 aliphatic rings. The van der Waals surface area contributed by atoms with Crippen molar-refractivity contribution in [3.8, 4) is 0 Å². The highest BCUT2D eigenvalue weighted by molar-refractivity contribution is 5.99. The van der Waals surface area contributed by atoms with E-state index in [-0.39, 0.29) is 17.9 Å². The van der Waals surface area contributed by atoms with Gasteiger partial charge in [0.05, 0.1) is 18.5 Å². The predicted molar refractivity (Wildman–Crippen MR) is 66.7 cm³/mol. The second-order valence-corrected chi connectivity index (χ2v) is 4.51. The number of carboxylic acid groups (broad SMARTS) is 1. The minimum atomic E-state index is -1.01. The minimum absolute atomic E-state index is 0.00692. The Labute approximate surface area is 106 Å². The van der Waals surface area contributed by atoms with Crippen LogP contribution in [0.3, 0.4) is 0 Å². The average molecular weight is 245 g/mol. The van der Waals surface area contributed by atoms with Crippen LogP contribution < -0.4 is 0 Å². The van der Waals surface area contributed by atoms with Crippen LogP contribution in [-0.2, 0) is 16.1 Å². The van der Waals surface area contributed by atoms with Crippen LogP contribution >= 0.6 is 0 Å². The highest BCUT2D eigenvalue weighted by Gasteiger charge is 2.30. The number of carbonyl (C=O) groups is 2. The molecule has 0 radical (unpaired) electrons. The van der Waals surface area contributed by atoms with Gasteiger partial charge in [0, 0.05) is 5.70 Å².